The molecule has 0 aromatic carbocycles. The fourth-order valence-electron chi connectivity index (χ4n) is 1.90. The lowest BCUT2D eigenvalue weighted by Gasteiger charge is -2.09. The van der Waals surface area contributed by atoms with Gasteiger partial charge in [-0.05, 0) is 29.7 Å². The molecule has 2 rings (SSSR count). The minimum Gasteiger partial charge on any atom is -0.326 e. The Bertz CT molecular complexity index is 532. The molecule has 0 aliphatic heterocycles. The first-order valence-electron chi connectivity index (χ1n) is 5.57. The molecule has 0 bridgehead atoms. The van der Waals surface area contributed by atoms with Gasteiger partial charge in [-0.15, -0.1) is 11.3 Å². The average molecular weight is 274 g/mol. The van der Waals surface area contributed by atoms with Gasteiger partial charge in [0.15, 0.2) is 0 Å². The van der Waals surface area contributed by atoms with Crippen molar-refractivity contribution in [3.05, 3.63) is 15.8 Å². The quantitative estimate of drug-likeness (QED) is 0.876. The standard InChI is InChI=1S/C11H18N2O2S2/c1-7-6-16-8(5-12)10(7)17(14,15)13-9-4-11(9,2)3/h6,9,13H,4-5,12H2,1-3H3. The smallest absolute Gasteiger partial charge is 0.242 e. The van der Waals surface area contributed by atoms with Crippen LogP contribution in [0.5, 0.6) is 0 Å². The number of thiophene rings is 1. The maximum atomic E-state index is 12.3. The van der Waals surface area contributed by atoms with Crippen LogP contribution in [0.2, 0.25) is 0 Å². The summed E-state index contributed by atoms with van der Waals surface area (Å²) in [4.78, 5) is 1.11. The maximum Gasteiger partial charge on any atom is 0.242 e. The summed E-state index contributed by atoms with van der Waals surface area (Å²) >= 11 is 1.41. The highest BCUT2D eigenvalue weighted by atomic mass is 32.2. The predicted octanol–water partition coefficient (Wildman–Crippen LogP) is 1.59. The van der Waals surface area contributed by atoms with Crippen LogP contribution in [-0.4, -0.2) is 14.5 Å². The van der Waals surface area contributed by atoms with E-state index >= 15 is 0 Å². The van der Waals surface area contributed by atoms with Crippen LogP contribution in [-0.2, 0) is 16.6 Å². The van der Waals surface area contributed by atoms with Crippen molar-refractivity contribution in [1.29, 1.82) is 0 Å². The van der Waals surface area contributed by atoms with Crippen LogP contribution >= 0.6 is 11.3 Å². The van der Waals surface area contributed by atoms with E-state index in [0.29, 0.717) is 4.90 Å². The lowest BCUT2D eigenvalue weighted by atomic mass is 10.2. The molecule has 1 atom stereocenters. The van der Waals surface area contributed by atoms with Gasteiger partial charge in [-0.25, -0.2) is 13.1 Å². The van der Waals surface area contributed by atoms with Crippen molar-refractivity contribution in [2.75, 3.05) is 0 Å². The number of aryl methyl sites for hydroxylation is 1. The molecular formula is C11H18N2O2S2. The van der Waals surface area contributed by atoms with Crippen LogP contribution in [0.25, 0.3) is 0 Å². The molecule has 6 heteroatoms. The van der Waals surface area contributed by atoms with Gasteiger partial charge in [0.2, 0.25) is 10.0 Å². The summed E-state index contributed by atoms with van der Waals surface area (Å²) in [6.45, 7) is 6.19. The molecule has 1 aromatic rings. The highest BCUT2D eigenvalue weighted by Crippen LogP contribution is 2.45. The van der Waals surface area contributed by atoms with E-state index < -0.39 is 10.0 Å². The second kappa shape index (κ2) is 4.05. The van der Waals surface area contributed by atoms with E-state index in [1.54, 1.807) is 0 Å². The normalized spacial score (nSPS) is 22.7. The zero-order valence-corrected chi connectivity index (χ0v) is 11.9. The van der Waals surface area contributed by atoms with Crippen molar-refractivity contribution in [2.24, 2.45) is 11.1 Å². The number of nitrogens with one attached hydrogen (secondary N) is 1. The zero-order chi connectivity index (χ0) is 12.8. The van der Waals surface area contributed by atoms with Gasteiger partial charge in [0, 0.05) is 17.5 Å². The van der Waals surface area contributed by atoms with Gasteiger partial charge < -0.3 is 5.73 Å². The summed E-state index contributed by atoms with van der Waals surface area (Å²) < 4.78 is 27.3. The van der Waals surface area contributed by atoms with Crippen molar-refractivity contribution in [3.8, 4) is 0 Å². The molecule has 0 saturated heterocycles. The Morgan fingerprint density at radius 3 is 2.65 bits per heavy atom. The van der Waals surface area contributed by atoms with Crippen LogP contribution in [0.1, 0.15) is 30.7 Å². The number of hydrogen-bond donors (Lipinski definition) is 2. The van der Waals surface area contributed by atoms with Crippen molar-refractivity contribution < 1.29 is 8.42 Å². The predicted molar refractivity (Wildman–Crippen MR) is 69.5 cm³/mol. The van der Waals surface area contributed by atoms with Crippen LogP contribution in [0.15, 0.2) is 10.3 Å². The van der Waals surface area contributed by atoms with Crippen LogP contribution < -0.4 is 10.5 Å². The molecule has 96 valence electrons. The topological polar surface area (TPSA) is 72.2 Å². The van der Waals surface area contributed by atoms with E-state index in [9.17, 15) is 8.42 Å². The molecule has 1 unspecified atom stereocenters. The number of rotatable bonds is 4. The molecule has 0 radical (unpaired) electrons. The molecule has 1 saturated carbocycles. The second-order valence-electron chi connectivity index (χ2n) is 5.24. The third-order valence-electron chi connectivity index (χ3n) is 3.25. The summed E-state index contributed by atoms with van der Waals surface area (Å²) in [6, 6.07) is 0.0532. The highest BCUT2D eigenvalue weighted by molar-refractivity contribution is 7.89. The maximum absolute atomic E-state index is 12.3. The average Bonchev–Trinajstić information content (AvgIpc) is 2.62. The molecule has 1 fully saturated rings. The van der Waals surface area contributed by atoms with E-state index in [0.717, 1.165) is 16.9 Å². The van der Waals surface area contributed by atoms with Crippen molar-refractivity contribution in [3.63, 3.8) is 0 Å². The van der Waals surface area contributed by atoms with Crippen LogP contribution in [0.4, 0.5) is 0 Å². The summed E-state index contributed by atoms with van der Waals surface area (Å²) in [7, 11) is -3.42. The Balaban J connectivity index is 2.29. The monoisotopic (exact) mass is 274 g/mol. The molecule has 3 N–H and O–H groups in total. The second-order valence-corrected chi connectivity index (χ2v) is 7.86. The molecule has 1 aliphatic rings. The van der Waals surface area contributed by atoms with Gasteiger partial charge in [0.25, 0.3) is 0 Å². The zero-order valence-electron chi connectivity index (χ0n) is 10.3. The summed E-state index contributed by atoms with van der Waals surface area (Å²) in [5.41, 5.74) is 6.44. The van der Waals surface area contributed by atoms with Gasteiger partial charge in [0.05, 0.1) is 0 Å². The fraction of sp³-hybridized carbons (Fsp3) is 0.636. The Morgan fingerprint density at radius 1 is 1.59 bits per heavy atom. The largest absolute Gasteiger partial charge is 0.326 e. The Hall–Kier alpha value is -0.430. The molecule has 0 amide bonds. The Morgan fingerprint density at radius 2 is 2.18 bits per heavy atom. The van der Waals surface area contributed by atoms with Gasteiger partial charge >= 0.3 is 0 Å². The molecular weight excluding hydrogens is 256 g/mol. The van der Waals surface area contributed by atoms with Crippen molar-refractivity contribution in [2.45, 2.75) is 44.7 Å². The fourth-order valence-corrected chi connectivity index (χ4v) is 5.01. The third-order valence-corrected chi connectivity index (χ3v) is 6.21. The number of nitrogens with two attached hydrogens (primary N) is 1. The minimum absolute atomic E-state index is 0.0532. The third kappa shape index (κ3) is 2.40. The van der Waals surface area contributed by atoms with Gasteiger partial charge in [-0.2, -0.15) is 0 Å². The summed E-state index contributed by atoms with van der Waals surface area (Å²) in [6.07, 6.45) is 0.896. The summed E-state index contributed by atoms with van der Waals surface area (Å²) in [5.74, 6) is 0. The van der Waals surface area contributed by atoms with E-state index in [2.05, 4.69) is 18.6 Å². The molecule has 4 nitrogen and oxygen atoms in total. The summed E-state index contributed by atoms with van der Waals surface area (Å²) in [5, 5.41) is 1.84. The van der Waals surface area contributed by atoms with E-state index in [4.69, 9.17) is 5.73 Å². The van der Waals surface area contributed by atoms with E-state index in [-0.39, 0.29) is 18.0 Å². The van der Waals surface area contributed by atoms with Crippen LogP contribution in [0, 0.1) is 12.3 Å². The van der Waals surface area contributed by atoms with Crippen LogP contribution in [0.3, 0.4) is 0 Å². The van der Waals surface area contributed by atoms with E-state index in [1.807, 2.05) is 12.3 Å². The van der Waals surface area contributed by atoms with Gasteiger partial charge in [-0.1, -0.05) is 13.8 Å². The first kappa shape index (κ1) is 13.0. The van der Waals surface area contributed by atoms with Gasteiger partial charge in [-0.3, -0.25) is 0 Å². The lowest BCUT2D eigenvalue weighted by molar-refractivity contribution is 0.554. The molecule has 1 heterocycles. The first-order chi connectivity index (χ1) is 7.78. The highest BCUT2D eigenvalue weighted by Gasteiger charge is 2.48. The van der Waals surface area contributed by atoms with Gasteiger partial charge in [0.1, 0.15) is 4.90 Å². The molecule has 0 spiro atoms. The van der Waals surface area contributed by atoms with E-state index in [1.165, 1.54) is 11.3 Å². The first-order valence-corrected chi connectivity index (χ1v) is 7.93. The lowest BCUT2D eigenvalue weighted by Crippen LogP contribution is -2.29. The number of hydrogen-bond acceptors (Lipinski definition) is 4. The Kier molecular flexibility index (Phi) is 3.10. The molecule has 17 heavy (non-hydrogen) atoms. The van der Waals surface area contributed by atoms with Crippen molar-refractivity contribution in [1.82, 2.24) is 4.72 Å². The molecule has 1 aromatic heterocycles. The SMILES string of the molecule is Cc1csc(CN)c1S(=O)(=O)NC1CC1(C)C. The minimum atomic E-state index is -3.42. The Labute approximate surface area is 106 Å². The van der Waals surface area contributed by atoms with Crippen molar-refractivity contribution >= 4 is 21.4 Å². The molecule has 1 aliphatic carbocycles. The number of sulfonamides is 1.